The van der Waals surface area contributed by atoms with Gasteiger partial charge in [-0.05, 0) is 55.3 Å². The zero-order valence-electron chi connectivity index (χ0n) is 23.2. The lowest BCUT2D eigenvalue weighted by Gasteiger charge is -2.22. The van der Waals surface area contributed by atoms with E-state index in [4.69, 9.17) is 11.6 Å². The predicted octanol–water partition coefficient (Wildman–Crippen LogP) is 5.97. The van der Waals surface area contributed by atoms with Crippen LogP contribution in [0.1, 0.15) is 43.6 Å². The van der Waals surface area contributed by atoms with Gasteiger partial charge in [0, 0.05) is 40.5 Å². The van der Waals surface area contributed by atoms with Crippen molar-refractivity contribution in [3.8, 4) is 28.2 Å². The van der Waals surface area contributed by atoms with Gasteiger partial charge in [-0.2, -0.15) is 13.2 Å². The van der Waals surface area contributed by atoms with Crippen LogP contribution in [-0.4, -0.2) is 40.4 Å². The van der Waals surface area contributed by atoms with E-state index in [9.17, 15) is 22.8 Å². The van der Waals surface area contributed by atoms with E-state index in [0.717, 1.165) is 16.4 Å². The Morgan fingerprint density at radius 2 is 1.84 bits per heavy atom. The summed E-state index contributed by atoms with van der Waals surface area (Å²) in [6, 6.07) is 12.4. The number of pyridine rings is 2. The topological polar surface area (TPSA) is 120 Å². The molecule has 1 amide bonds. The summed E-state index contributed by atoms with van der Waals surface area (Å²) in [5.41, 5.74) is 1.60. The number of alkyl halides is 3. The summed E-state index contributed by atoms with van der Waals surface area (Å²) < 4.78 is 42.0. The van der Waals surface area contributed by atoms with Gasteiger partial charge in [0.1, 0.15) is 0 Å². The van der Waals surface area contributed by atoms with Crippen LogP contribution in [0, 0.1) is 5.92 Å². The molecule has 6 rings (SSSR count). The van der Waals surface area contributed by atoms with Crippen LogP contribution in [0.15, 0.2) is 78.2 Å². The predicted molar refractivity (Wildman–Crippen MR) is 156 cm³/mol. The molecule has 44 heavy (non-hydrogen) atoms. The van der Waals surface area contributed by atoms with Crippen LogP contribution in [0.2, 0.25) is 5.02 Å². The number of fused-ring (bicyclic) bond motifs is 4. The molecule has 0 fully saturated rings. The van der Waals surface area contributed by atoms with Crippen LogP contribution in [-0.2, 0) is 11.0 Å². The van der Waals surface area contributed by atoms with Crippen molar-refractivity contribution >= 4 is 23.2 Å². The van der Waals surface area contributed by atoms with Crippen molar-refractivity contribution in [1.82, 2.24) is 34.5 Å². The number of nitrogens with one attached hydrogen (secondary N) is 1. The summed E-state index contributed by atoms with van der Waals surface area (Å²) in [6.07, 6.45) is 2.41. The van der Waals surface area contributed by atoms with Gasteiger partial charge in [0.25, 0.3) is 5.56 Å². The maximum absolute atomic E-state index is 13.7. The Bertz CT molecular complexity index is 1920. The van der Waals surface area contributed by atoms with E-state index in [0.29, 0.717) is 46.9 Å². The van der Waals surface area contributed by atoms with Crippen LogP contribution in [0.4, 0.5) is 18.9 Å². The molecule has 1 N–H and O–H groups in total. The maximum Gasteiger partial charge on any atom is 0.436 e. The van der Waals surface area contributed by atoms with Crippen molar-refractivity contribution < 1.29 is 18.0 Å². The quantitative estimate of drug-likeness (QED) is 0.264. The smallest absolute Gasteiger partial charge is 0.324 e. The van der Waals surface area contributed by atoms with Crippen molar-refractivity contribution in [3.05, 3.63) is 100 Å². The molecule has 1 aromatic carbocycles. The van der Waals surface area contributed by atoms with Gasteiger partial charge in [-0.25, -0.2) is 9.67 Å². The van der Waals surface area contributed by atoms with Gasteiger partial charge in [0.2, 0.25) is 5.91 Å². The highest BCUT2D eigenvalue weighted by Gasteiger charge is 2.35. The van der Waals surface area contributed by atoms with Crippen LogP contribution in [0.5, 0.6) is 0 Å². The van der Waals surface area contributed by atoms with E-state index < -0.39 is 23.5 Å². The summed E-state index contributed by atoms with van der Waals surface area (Å²) in [4.78, 5) is 40.2. The Kier molecular flexibility index (Phi) is 7.72. The second-order valence-electron chi connectivity index (χ2n) is 10.4. The number of hydrogen-bond acceptors (Lipinski definition) is 7. The van der Waals surface area contributed by atoms with Crippen molar-refractivity contribution in [1.29, 1.82) is 0 Å². The van der Waals surface area contributed by atoms with E-state index >= 15 is 0 Å². The molecular weight excluding hydrogens is 597 g/mol. The second-order valence-corrected chi connectivity index (χ2v) is 10.9. The van der Waals surface area contributed by atoms with E-state index in [1.807, 2.05) is 13.0 Å². The molecule has 0 saturated heterocycles. The molecule has 2 atom stereocenters. The molecule has 14 heteroatoms. The standard InChI is InChI=1S/C30H24ClF3N8O2/c1-17-4-2-6-25(23-12-18(9-11-35-23)28-21(38-29(17)44)5-3-10-36-28)41-16-37-22(14-27(41)43)20-13-19(31)7-8-24(20)42-15-26(39-40-42)30(32,33)34/h3,5,7-17,25H,2,4,6H2,1H3,(H,38,44)/t17-,25+/m1/s1. The number of benzene rings is 1. The molecule has 1 aliphatic rings. The van der Waals surface area contributed by atoms with Crippen molar-refractivity contribution in [3.63, 3.8) is 0 Å². The first-order valence-electron chi connectivity index (χ1n) is 13.7. The number of nitrogens with zero attached hydrogens (tertiary/aromatic N) is 7. The molecule has 1 aliphatic heterocycles. The van der Waals surface area contributed by atoms with E-state index in [-0.39, 0.29) is 23.2 Å². The first-order valence-corrected chi connectivity index (χ1v) is 14.1. The summed E-state index contributed by atoms with van der Waals surface area (Å²) in [5, 5.41) is 10.1. The number of amides is 1. The van der Waals surface area contributed by atoms with Gasteiger partial charge in [0.15, 0.2) is 5.69 Å². The van der Waals surface area contributed by atoms with Gasteiger partial charge in [-0.3, -0.25) is 24.1 Å². The van der Waals surface area contributed by atoms with Crippen molar-refractivity contribution in [2.75, 3.05) is 5.32 Å². The van der Waals surface area contributed by atoms with Gasteiger partial charge in [-0.1, -0.05) is 30.2 Å². The number of hydrogen-bond donors (Lipinski definition) is 1. The Hall–Kier alpha value is -4.91. The molecule has 0 spiro atoms. The summed E-state index contributed by atoms with van der Waals surface area (Å²) in [5.74, 6) is -0.413. The lowest BCUT2D eigenvalue weighted by Crippen LogP contribution is -2.27. The third kappa shape index (κ3) is 5.82. The van der Waals surface area contributed by atoms with Gasteiger partial charge in [0.05, 0.1) is 47.0 Å². The summed E-state index contributed by atoms with van der Waals surface area (Å²) in [7, 11) is 0. The van der Waals surface area contributed by atoms with Crippen LogP contribution < -0.4 is 10.9 Å². The molecule has 5 heterocycles. The first-order chi connectivity index (χ1) is 21.1. The Morgan fingerprint density at radius 1 is 1.00 bits per heavy atom. The largest absolute Gasteiger partial charge is 0.436 e. The Balaban J connectivity index is 1.42. The highest BCUT2D eigenvalue weighted by Crippen LogP contribution is 2.33. The average Bonchev–Trinajstić information content (AvgIpc) is 3.51. The normalized spacial score (nSPS) is 17.2. The zero-order chi connectivity index (χ0) is 31.0. The van der Waals surface area contributed by atoms with Gasteiger partial charge in [-0.15, -0.1) is 5.10 Å². The third-order valence-electron chi connectivity index (χ3n) is 7.46. The Labute approximate surface area is 253 Å². The highest BCUT2D eigenvalue weighted by atomic mass is 35.5. The number of carbonyl (C=O) groups excluding carboxylic acids is 1. The lowest BCUT2D eigenvalue weighted by molar-refractivity contribution is -0.141. The first kappa shape index (κ1) is 29.2. The zero-order valence-corrected chi connectivity index (χ0v) is 23.9. The van der Waals surface area contributed by atoms with Crippen molar-refractivity contribution in [2.24, 2.45) is 5.92 Å². The fourth-order valence-electron chi connectivity index (χ4n) is 5.16. The van der Waals surface area contributed by atoms with Crippen LogP contribution in [0.25, 0.3) is 28.2 Å². The van der Waals surface area contributed by atoms with E-state index in [1.54, 1.807) is 30.6 Å². The molecule has 2 bridgehead atoms. The number of aromatic nitrogens is 7. The fourth-order valence-corrected chi connectivity index (χ4v) is 5.34. The maximum atomic E-state index is 13.7. The van der Waals surface area contributed by atoms with Gasteiger partial charge < -0.3 is 5.32 Å². The summed E-state index contributed by atoms with van der Waals surface area (Å²) >= 11 is 6.23. The Morgan fingerprint density at radius 3 is 2.61 bits per heavy atom. The molecule has 224 valence electrons. The van der Waals surface area contributed by atoms with Crippen molar-refractivity contribution in [2.45, 2.75) is 38.4 Å². The van der Waals surface area contributed by atoms with E-state index in [2.05, 4.69) is 30.6 Å². The third-order valence-corrected chi connectivity index (χ3v) is 7.70. The minimum Gasteiger partial charge on any atom is -0.324 e. The molecule has 0 aliphatic carbocycles. The SMILES string of the molecule is C[C@@H]1CCC[C@H](n2cnc(-c3cc(Cl)ccc3-n3cc(C(F)(F)F)nn3)cc2=O)c2cc(ccn2)-c2ncccc2NC1=O. The van der Waals surface area contributed by atoms with Crippen LogP contribution in [0.3, 0.4) is 0 Å². The highest BCUT2D eigenvalue weighted by molar-refractivity contribution is 6.31. The fraction of sp³-hybridized carbons (Fsp3) is 0.233. The lowest BCUT2D eigenvalue weighted by atomic mass is 9.96. The average molecular weight is 621 g/mol. The molecule has 0 saturated carbocycles. The minimum atomic E-state index is -4.68. The monoisotopic (exact) mass is 620 g/mol. The van der Waals surface area contributed by atoms with Crippen LogP contribution >= 0.6 is 11.6 Å². The summed E-state index contributed by atoms with van der Waals surface area (Å²) in [6.45, 7) is 1.85. The van der Waals surface area contributed by atoms with Gasteiger partial charge >= 0.3 is 6.18 Å². The van der Waals surface area contributed by atoms with E-state index in [1.165, 1.54) is 35.2 Å². The number of halogens is 4. The molecule has 0 radical (unpaired) electrons. The molecule has 10 nitrogen and oxygen atoms in total. The molecule has 4 aromatic heterocycles. The number of rotatable bonds is 3. The second kappa shape index (κ2) is 11.6. The molecular formula is C30H24ClF3N8O2. The minimum absolute atomic E-state index is 0.124. The number of carbonyl (C=O) groups is 1. The number of anilines is 1. The molecule has 5 aromatic rings. The molecule has 0 unspecified atom stereocenters.